The number of amides is 1. The van der Waals surface area contributed by atoms with Crippen molar-refractivity contribution >= 4 is 37.8 Å². The third-order valence-corrected chi connectivity index (χ3v) is 4.60. The Bertz CT molecular complexity index is 460. The van der Waals surface area contributed by atoms with Gasteiger partial charge in [0.15, 0.2) is 0 Å². The summed E-state index contributed by atoms with van der Waals surface area (Å²) >= 11 is 6.53. The number of carbonyl (C=O) groups is 1. The first-order valence-corrected chi connectivity index (χ1v) is 7.78. The normalized spacial score (nSPS) is 16.4. The summed E-state index contributed by atoms with van der Waals surface area (Å²) in [5.41, 5.74) is 0.614. The zero-order valence-electron chi connectivity index (χ0n) is 9.81. The quantitative estimate of drug-likeness (QED) is 0.774. The Kier molecular flexibility index (Phi) is 4.43. The maximum atomic E-state index is 13.3. The number of rotatable bonds is 5. The summed E-state index contributed by atoms with van der Waals surface area (Å²) in [7, 11) is 0. The first kappa shape index (κ1) is 14.0. The standard InChI is InChI=1S/C13H14Br2FNO/c14-7-6-13(4-5-13)8-17-12(18)9-2-1-3-10(16)11(9)15/h1-3H,4-8H2,(H,17,18). The van der Waals surface area contributed by atoms with Crippen LogP contribution in [0.3, 0.4) is 0 Å². The number of nitrogens with one attached hydrogen (secondary N) is 1. The lowest BCUT2D eigenvalue weighted by molar-refractivity contribution is 0.0943. The molecule has 5 heteroatoms. The van der Waals surface area contributed by atoms with Gasteiger partial charge in [0.1, 0.15) is 5.82 Å². The van der Waals surface area contributed by atoms with Gasteiger partial charge in [0.2, 0.25) is 0 Å². The first-order chi connectivity index (χ1) is 8.58. The summed E-state index contributed by atoms with van der Waals surface area (Å²) in [5.74, 6) is -0.633. The fourth-order valence-corrected chi connectivity index (χ4v) is 3.22. The number of benzene rings is 1. The van der Waals surface area contributed by atoms with E-state index in [4.69, 9.17) is 0 Å². The molecule has 0 radical (unpaired) electrons. The Morgan fingerprint density at radius 2 is 2.17 bits per heavy atom. The molecule has 0 bridgehead atoms. The molecule has 0 saturated heterocycles. The number of carbonyl (C=O) groups excluding carboxylic acids is 1. The second-order valence-electron chi connectivity index (χ2n) is 4.72. The highest BCUT2D eigenvalue weighted by Gasteiger charge is 2.41. The molecule has 98 valence electrons. The van der Waals surface area contributed by atoms with Crippen LogP contribution in [0.4, 0.5) is 4.39 Å². The lowest BCUT2D eigenvalue weighted by atomic mass is 10.0. The van der Waals surface area contributed by atoms with E-state index in [-0.39, 0.29) is 15.8 Å². The van der Waals surface area contributed by atoms with Gasteiger partial charge in [-0.15, -0.1) is 0 Å². The van der Waals surface area contributed by atoms with Crippen LogP contribution in [0.5, 0.6) is 0 Å². The van der Waals surface area contributed by atoms with E-state index >= 15 is 0 Å². The molecule has 0 spiro atoms. The van der Waals surface area contributed by atoms with Gasteiger partial charge in [0.25, 0.3) is 5.91 Å². The predicted molar refractivity (Wildman–Crippen MR) is 76.5 cm³/mol. The molecule has 1 saturated carbocycles. The molecule has 0 atom stereocenters. The topological polar surface area (TPSA) is 29.1 Å². The monoisotopic (exact) mass is 377 g/mol. The van der Waals surface area contributed by atoms with Crippen LogP contribution in [0.1, 0.15) is 29.6 Å². The van der Waals surface area contributed by atoms with Crippen molar-refractivity contribution in [3.63, 3.8) is 0 Å². The molecule has 1 N–H and O–H groups in total. The molecule has 2 rings (SSSR count). The fourth-order valence-electron chi connectivity index (χ4n) is 1.93. The van der Waals surface area contributed by atoms with Crippen molar-refractivity contribution in [2.45, 2.75) is 19.3 Å². The molecular formula is C13H14Br2FNO. The molecule has 0 heterocycles. The molecule has 1 aliphatic carbocycles. The second-order valence-corrected chi connectivity index (χ2v) is 6.31. The van der Waals surface area contributed by atoms with Gasteiger partial charge < -0.3 is 5.32 Å². The van der Waals surface area contributed by atoms with Crippen molar-refractivity contribution in [3.8, 4) is 0 Å². The SMILES string of the molecule is O=C(NCC1(CCBr)CC1)c1cccc(F)c1Br. The Morgan fingerprint density at radius 1 is 1.44 bits per heavy atom. The summed E-state index contributed by atoms with van der Waals surface area (Å²) < 4.78 is 13.5. The van der Waals surface area contributed by atoms with Crippen molar-refractivity contribution in [3.05, 3.63) is 34.1 Å². The van der Waals surface area contributed by atoms with E-state index in [1.165, 1.54) is 6.07 Å². The maximum absolute atomic E-state index is 13.3. The number of hydrogen-bond acceptors (Lipinski definition) is 1. The highest BCUT2D eigenvalue weighted by atomic mass is 79.9. The summed E-state index contributed by atoms with van der Waals surface area (Å²) in [4.78, 5) is 12.0. The van der Waals surface area contributed by atoms with E-state index in [2.05, 4.69) is 37.2 Å². The van der Waals surface area contributed by atoms with Gasteiger partial charge in [0.05, 0.1) is 10.0 Å². The highest BCUT2D eigenvalue weighted by Crippen LogP contribution is 2.48. The average molecular weight is 379 g/mol. The second kappa shape index (κ2) is 5.70. The molecule has 0 aliphatic heterocycles. The van der Waals surface area contributed by atoms with Gasteiger partial charge in [-0.3, -0.25) is 4.79 Å². The van der Waals surface area contributed by atoms with Gasteiger partial charge in [-0.05, 0) is 52.7 Å². The van der Waals surface area contributed by atoms with E-state index in [9.17, 15) is 9.18 Å². The van der Waals surface area contributed by atoms with Gasteiger partial charge >= 0.3 is 0 Å². The van der Waals surface area contributed by atoms with Crippen LogP contribution in [-0.2, 0) is 0 Å². The summed E-state index contributed by atoms with van der Waals surface area (Å²) in [6, 6.07) is 4.49. The molecule has 1 amide bonds. The third-order valence-electron chi connectivity index (χ3n) is 3.40. The molecular weight excluding hydrogens is 365 g/mol. The lowest BCUT2D eigenvalue weighted by Gasteiger charge is -2.15. The summed E-state index contributed by atoms with van der Waals surface area (Å²) in [6.07, 6.45) is 3.38. The molecule has 1 aromatic carbocycles. The molecule has 0 aromatic heterocycles. The van der Waals surface area contributed by atoms with Gasteiger partial charge in [-0.25, -0.2) is 4.39 Å². The van der Waals surface area contributed by atoms with Crippen LogP contribution < -0.4 is 5.32 Å². The first-order valence-electron chi connectivity index (χ1n) is 5.86. The van der Waals surface area contributed by atoms with Gasteiger partial charge in [-0.1, -0.05) is 22.0 Å². The lowest BCUT2D eigenvalue weighted by Crippen LogP contribution is -2.30. The van der Waals surface area contributed by atoms with Crippen molar-refractivity contribution < 1.29 is 9.18 Å². The van der Waals surface area contributed by atoms with Crippen LogP contribution in [0.2, 0.25) is 0 Å². The molecule has 1 fully saturated rings. The molecule has 1 aromatic rings. The Hall–Kier alpha value is -0.420. The predicted octanol–water partition coefficient (Wildman–Crippen LogP) is 3.88. The molecule has 2 nitrogen and oxygen atoms in total. The number of alkyl halides is 1. The Balaban J connectivity index is 1.98. The van der Waals surface area contributed by atoms with Crippen LogP contribution in [-0.4, -0.2) is 17.8 Å². The Labute approximate surface area is 123 Å². The van der Waals surface area contributed by atoms with Gasteiger partial charge in [-0.2, -0.15) is 0 Å². The fraction of sp³-hybridized carbons (Fsp3) is 0.462. The zero-order valence-corrected chi connectivity index (χ0v) is 13.0. The molecule has 18 heavy (non-hydrogen) atoms. The van der Waals surface area contributed by atoms with Crippen LogP contribution in [0.25, 0.3) is 0 Å². The van der Waals surface area contributed by atoms with Crippen LogP contribution >= 0.6 is 31.9 Å². The Morgan fingerprint density at radius 3 is 2.78 bits per heavy atom. The smallest absolute Gasteiger partial charge is 0.252 e. The minimum atomic E-state index is -0.413. The average Bonchev–Trinajstić information content (AvgIpc) is 3.11. The summed E-state index contributed by atoms with van der Waals surface area (Å²) in [6.45, 7) is 0.667. The van der Waals surface area contributed by atoms with Crippen molar-refractivity contribution in [1.82, 2.24) is 5.32 Å². The zero-order chi connectivity index (χ0) is 13.2. The van der Waals surface area contributed by atoms with Crippen molar-refractivity contribution in [2.24, 2.45) is 5.41 Å². The molecule has 0 unspecified atom stereocenters. The molecule has 1 aliphatic rings. The number of hydrogen-bond donors (Lipinski definition) is 1. The third kappa shape index (κ3) is 3.12. The van der Waals surface area contributed by atoms with Crippen LogP contribution in [0, 0.1) is 11.2 Å². The maximum Gasteiger partial charge on any atom is 0.252 e. The largest absolute Gasteiger partial charge is 0.351 e. The highest BCUT2D eigenvalue weighted by molar-refractivity contribution is 9.10. The minimum absolute atomic E-state index is 0.220. The van der Waals surface area contributed by atoms with Crippen molar-refractivity contribution in [1.29, 1.82) is 0 Å². The number of halogens is 3. The van der Waals surface area contributed by atoms with Gasteiger partial charge in [0, 0.05) is 11.9 Å². The van der Waals surface area contributed by atoms with E-state index in [1.54, 1.807) is 12.1 Å². The van der Waals surface area contributed by atoms with E-state index in [0.29, 0.717) is 12.1 Å². The van der Waals surface area contributed by atoms with Crippen molar-refractivity contribution in [2.75, 3.05) is 11.9 Å². The summed E-state index contributed by atoms with van der Waals surface area (Å²) in [5, 5.41) is 3.85. The van der Waals surface area contributed by atoms with E-state index in [0.717, 1.165) is 24.6 Å². The van der Waals surface area contributed by atoms with E-state index in [1.807, 2.05) is 0 Å². The minimum Gasteiger partial charge on any atom is -0.351 e. The van der Waals surface area contributed by atoms with Crippen LogP contribution in [0.15, 0.2) is 22.7 Å². The van der Waals surface area contributed by atoms with E-state index < -0.39 is 5.82 Å².